The number of aryl methyl sites for hydroxylation is 1. The van der Waals surface area contributed by atoms with Gasteiger partial charge in [0, 0.05) is 58.5 Å². The summed E-state index contributed by atoms with van der Waals surface area (Å²) in [7, 11) is 4.17. The Balaban J connectivity index is 0.000000171. The predicted molar refractivity (Wildman–Crippen MR) is 162 cm³/mol. The third-order valence-corrected chi connectivity index (χ3v) is 7.24. The second-order valence-corrected chi connectivity index (χ2v) is 10.5. The first kappa shape index (κ1) is 30.0. The average molecular weight is 561 g/mol. The molecule has 41 heavy (non-hydrogen) atoms. The number of anilines is 2. The lowest BCUT2D eigenvalue weighted by Crippen LogP contribution is -2.50. The highest BCUT2D eigenvalue weighted by molar-refractivity contribution is 5.91. The molecule has 0 bridgehead atoms. The summed E-state index contributed by atoms with van der Waals surface area (Å²) in [5, 5.41) is 12.6. The van der Waals surface area contributed by atoms with Gasteiger partial charge in [0.1, 0.15) is 24.0 Å². The van der Waals surface area contributed by atoms with Crippen molar-refractivity contribution < 1.29 is 24.2 Å². The zero-order valence-corrected chi connectivity index (χ0v) is 24.1. The highest BCUT2D eigenvalue weighted by atomic mass is 16.5. The SMILES string of the molecule is C1COC1.CN1CCN(CC2Nc3ccc(C(=O)O)cc3N2C)CC1.Cc1cccc(Oc2cccc(C=O)c2)c1. The van der Waals surface area contributed by atoms with Crippen molar-refractivity contribution in [2.45, 2.75) is 19.5 Å². The van der Waals surface area contributed by atoms with Gasteiger partial charge in [0.05, 0.1) is 16.9 Å². The number of hydrogen-bond donors (Lipinski definition) is 2. The van der Waals surface area contributed by atoms with Gasteiger partial charge in [0.2, 0.25) is 0 Å². The van der Waals surface area contributed by atoms with Gasteiger partial charge in [-0.05, 0) is 68.4 Å². The maximum Gasteiger partial charge on any atom is 0.335 e. The van der Waals surface area contributed by atoms with Gasteiger partial charge in [-0.1, -0.05) is 24.3 Å². The molecule has 6 rings (SSSR count). The molecule has 2 saturated heterocycles. The van der Waals surface area contributed by atoms with E-state index in [9.17, 15) is 9.59 Å². The zero-order chi connectivity index (χ0) is 29.2. The molecule has 3 aromatic rings. The van der Waals surface area contributed by atoms with E-state index < -0.39 is 5.97 Å². The Bertz CT molecular complexity index is 1300. The van der Waals surface area contributed by atoms with Crippen LogP contribution in [0.1, 0.15) is 32.7 Å². The first-order chi connectivity index (χ1) is 19.8. The van der Waals surface area contributed by atoms with Gasteiger partial charge >= 0.3 is 5.97 Å². The number of carbonyl (C=O) groups excluding carboxylic acids is 1. The summed E-state index contributed by atoms with van der Waals surface area (Å²) >= 11 is 0. The molecule has 0 aliphatic carbocycles. The Hall–Kier alpha value is -3.92. The first-order valence-corrected chi connectivity index (χ1v) is 14.0. The summed E-state index contributed by atoms with van der Waals surface area (Å²) in [5.74, 6) is 0.576. The normalized spacial score (nSPS) is 17.9. The van der Waals surface area contributed by atoms with E-state index in [4.69, 9.17) is 14.6 Å². The van der Waals surface area contributed by atoms with Crippen molar-refractivity contribution in [3.8, 4) is 11.5 Å². The number of rotatable bonds is 6. The maximum atomic E-state index is 11.1. The molecule has 3 aliphatic heterocycles. The lowest BCUT2D eigenvalue weighted by atomic mass is 10.2. The Morgan fingerprint density at radius 2 is 1.66 bits per heavy atom. The molecular weight excluding hydrogens is 520 g/mol. The summed E-state index contributed by atoms with van der Waals surface area (Å²) < 4.78 is 10.4. The number of nitrogens with one attached hydrogen (secondary N) is 1. The van der Waals surface area contributed by atoms with Gasteiger partial charge in [0.15, 0.2) is 0 Å². The second kappa shape index (κ2) is 14.6. The minimum atomic E-state index is -0.881. The Morgan fingerprint density at radius 1 is 1.00 bits per heavy atom. The Morgan fingerprint density at radius 3 is 2.27 bits per heavy atom. The zero-order valence-electron chi connectivity index (χ0n) is 24.1. The van der Waals surface area contributed by atoms with Crippen molar-refractivity contribution in [2.24, 2.45) is 0 Å². The quantitative estimate of drug-likeness (QED) is 0.411. The molecule has 9 heteroatoms. The number of piperazine rings is 1. The summed E-state index contributed by atoms with van der Waals surface area (Å²) in [6.45, 7) is 9.33. The third kappa shape index (κ3) is 8.78. The number of aldehydes is 1. The van der Waals surface area contributed by atoms with Gasteiger partial charge in [-0.3, -0.25) is 9.69 Å². The van der Waals surface area contributed by atoms with E-state index >= 15 is 0 Å². The van der Waals surface area contributed by atoms with E-state index in [0.29, 0.717) is 16.9 Å². The molecule has 1 atom stereocenters. The molecule has 0 spiro atoms. The van der Waals surface area contributed by atoms with Gasteiger partial charge in [-0.15, -0.1) is 0 Å². The minimum absolute atomic E-state index is 0.201. The number of carbonyl (C=O) groups is 2. The number of hydrogen-bond acceptors (Lipinski definition) is 8. The monoisotopic (exact) mass is 560 g/mol. The van der Waals surface area contributed by atoms with E-state index in [1.807, 2.05) is 50.4 Å². The van der Waals surface area contributed by atoms with Crippen molar-refractivity contribution in [1.29, 1.82) is 0 Å². The fraction of sp³-hybridized carbons (Fsp3) is 0.375. The molecular formula is C32H40N4O5. The molecule has 9 nitrogen and oxygen atoms in total. The predicted octanol–water partition coefficient (Wildman–Crippen LogP) is 4.83. The smallest absolute Gasteiger partial charge is 0.335 e. The van der Waals surface area contributed by atoms with E-state index in [2.05, 4.69) is 27.1 Å². The molecule has 0 amide bonds. The van der Waals surface area contributed by atoms with Gasteiger partial charge in [-0.2, -0.15) is 0 Å². The van der Waals surface area contributed by atoms with Crippen molar-refractivity contribution in [3.63, 3.8) is 0 Å². The molecule has 3 heterocycles. The largest absolute Gasteiger partial charge is 0.478 e. The van der Waals surface area contributed by atoms with Gasteiger partial charge in [-0.25, -0.2) is 4.79 Å². The van der Waals surface area contributed by atoms with Crippen LogP contribution in [-0.2, 0) is 4.74 Å². The van der Waals surface area contributed by atoms with Crippen LogP contribution in [0, 0.1) is 6.92 Å². The van der Waals surface area contributed by atoms with Gasteiger partial charge in [0.25, 0.3) is 0 Å². The Labute approximate surface area is 242 Å². The molecule has 218 valence electrons. The van der Waals surface area contributed by atoms with Crippen molar-refractivity contribution in [1.82, 2.24) is 9.80 Å². The molecule has 0 radical (unpaired) electrons. The minimum Gasteiger partial charge on any atom is -0.478 e. The van der Waals surface area contributed by atoms with Crippen LogP contribution in [0.5, 0.6) is 11.5 Å². The van der Waals surface area contributed by atoms with Crippen LogP contribution in [0.25, 0.3) is 0 Å². The number of carboxylic acid groups (broad SMARTS) is 1. The van der Waals surface area contributed by atoms with Crippen molar-refractivity contribution in [2.75, 3.05) is 70.2 Å². The molecule has 1 unspecified atom stereocenters. The second-order valence-electron chi connectivity index (χ2n) is 10.5. The van der Waals surface area contributed by atoms with Crippen molar-refractivity contribution >= 4 is 23.6 Å². The number of ether oxygens (including phenoxy) is 2. The number of fused-ring (bicyclic) bond motifs is 1. The first-order valence-electron chi connectivity index (χ1n) is 14.0. The van der Waals surface area contributed by atoms with Crippen LogP contribution in [0.4, 0.5) is 11.4 Å². The van der Waals surface area contributed by atoms with E-state index in [1.165, 1.54) is 6.42 Å². The van der Waals surface area contributed by atoms with Crippen molar-refractivity contribution in [3.05, 3.63) is 83.4 Å². The average Bonchev–Trinajstić information content (AvgIpc) is 3.23. The number of likely N-dealkylation sites (N-methyl/N-ethyl adjacent to an activating group) is 2. The van der Waals surface area contributed by atoms with Crippen LogP contribution < -0.4 is 15.0 Å². The van der Waals surface area contributed by atoms with Gasteiger partial charge < -0.3 is 29.7 Å². The summed E-state index contributed by atoms with van der Waals surface area (Å²) in [6, 6.07) is 20.1. The molecule has 0 aromatic heterocycles. The van der Waals surface area contributed by atoms with E-state index in [-0.39, 0.29) is 6.17 Å². The molecule has 2 fully saturated rings. The fourth-order valence-corrected chi connectivity index (χ4v) is 4.58. The standard InChI is InChI=1S/C15H22N4O2.C14H12O2.C3H6O/c1-17-5-7-19(8-6-17)10-14-16-12-4-3-11(15(20)21)9-13(12)18(14)2;1-11-4-2-6-13(8-11)16-14-7-3-5-12(9-14)10-15;1-2-4-3-1/h3-4,9,14,16H,5-8,10H2,1-2H3,(H,20,21);2-10H,1H3;1-3H2. The van der Waals surface area contributed by atoms with E-state index in [1.54, 1.807) is 30.3 Å². The third-order valence-electron chi connectivity index (χ3n) is 7.24. The molecule has 3 aliphatic rings. The number of aromatic carboxylic acids is 1. The molecule has 3 aromatic carbocycles. The molecule has 2 N–H and O–H groups in total. The van der Waals surface area contributed by atoms with E-state index in [0.717, 1.165) is 74.9 Å². The van der Waals surface area contributed by atoms with Crippen LogP contribution >= 0.6 is 0 Å². The lowest BCUT2D eigenvalue weighted by molar-refractivity contribution is 0.0367. The number of benzene rings is 3. The van der Waals surface area contributed by atoms with Crippen LogP contribution in [0.3, 0.4) is 0 Å². The topological polar surface area (TPSA) is 94.6 Å². The summed E-state index contributed by atoms with van der Waals surface area (Å²) in [5.41, 5.74) is 4.08. The van der Waals surface area contributed by atoms with Crippen LogP contribution in [-0.4, -0.2) is 93.4 Å². The van der Waals surface area contributed by atoms with Crippen LogP contribution in [0.15, 0.2) is 66.7 Å². The molecule has 0 saturated carbocycles. The fourth-order valence-electron chi connectivity index (χ4n) is 4.58. The highest BCUT2D eigenvalue weighted by Crippen LogP contribution is 2.34. The maximum absolute atomic E-state index is 11.1. The lowest BCUT2D eigenvalue weighted by Gasteiger charge is -2.35. The van der Waals surface area contributed by atoms with Crippen LogP contribution in [0.2, 0.25) is 0 Å². The Kier molecular flexibility index (Phi) is 10.7. The highest BCUT2D eigenvalue weighted by Gasteiger charge is 2.29. The number of nitrogens with zero attached hydrogens (tertiary/aromatic N) is 3. The number of carboxylic acids is 1. The summed E-state index contributed by atoms with van der Waals surface area (Å²) in [6.07, 6.45) is 2.29. The summed E-state index contributed by atoms with van der Waals surface area (Å²) in [4.78, 5) is 28.6.